The van der Waals surface area contributed by atoms with Crippen LogP contribution >= 0.6 is 0 Å². The number of hydrogen-bond acceptors (Lipinski definition) is 4. The highest BCUT2D eigenvalue weighted by atomic mass is 16.3. The number of hydrogen-bond donors (Lipinski definition) is 0. The number of fused-ring (bicyclic) bond motifs is 9. The van der Waals surface area contributed by atoms with Crippen LogP contribution in [-0.4, -0.2) is 24.1 Å². The van der Waals surface area contributed by atoms with Crippen LogP contribution in [0.3, 0.4) is 0 Å². The zero-order valence-corrected chi connectivity index (χ0v) is 30.5. The Balaban J connectivity index is 1.06. The minimum Gasteiger partial charge on any atom is -0.454 e. The van der Waals surface area contributed by atoms with Gasteiger partial charge in [0, 0.05) is 43.4 Å². The SMILES string of the molecule is c1ccc(-c2ccc(-c3nc(-c4ccc5c(c4)oc4c(-n6c7ccccc7c7ccccc76)cccc45)nc(-n4c5ccccc5c5ccccc54)n3)cc2)cc1. The second-order valence-corrected chi connectivity index (χ2v) is 14.4. The molecule has 0 amide bonds. The number of rotatable bonds is 5. The first-order valence-electron chi connectivity index (χ1n) is 19.1. The van der Waals surface area contributed by atoms with Crippen LogP contribution in [0, 0.1) is 0 Å². The highest BCUT2D eigenvalue weighted by molar-refractivity contribution is 6.13. The molecule has 12 rings (SSSR count). The molecule has 0 atom stereocenters. The van der Waals surface area contributed by atoms with Gasteiger partial charge in [-0.15, -0.1) is 0 Å². The molecule has 0 saturated heterocycles. The van der Waals surface area contributed by atoms with Crippen LogP contribution in [0.25, 0.3) is 111 Å². The van der Waals surface area contributed by atoms with E-state index in [-0.39, 0.29) is 0 Å². The quantitative estimate of drug-likeness (QED) is 0.177. The van der Waals surface area contributed by atoms with Crippen molar-refractivity contribution >= 4 is 65.6 Å². The van der Waals surface area contributed by atoms with Gasteiger partial charge in [0.1, 0.15) is 5.58 Å². The molecule has 4 heterocycles. The zero-order valence-electron chi connectivity index (χ0n) is 30.5. The van der Waals surface area contributed by atoms with Crippen LogP contribution in [-0.2, 0) is 0 Å². The molecule has 6 nitrogen and oxygen atoms in total. The Morgan fingerprint density at radius 1 is 0.333 bits per heavy atom. The minimum absolute atomic E-state index is 0.554. The van der Waals surface area contributed by atoms with Crippen molar-refractivity contribution in [3.05, 3.63) is 188 Å². The van der Waals surface area contributed by atoms with E-state index in [9.17, 15) is 0 Å². The third-order valence-corrected chi connectivity index (χ3v) is 11.2. The van der Waals surface area contributed by atoms with Crippen LogP contribution in [0.4, 0.5) is 0 Å². The van der Waals surface area contributed by atoms with E-state index >= 15 is 0 Å². The Morgan fingerprint density at radius 3 is 1.42 bits per heavy atom. The maximum Gasteiger partial charge on any atom is 0.238 e. The molecule has 0 saturated carbocycles. The maximum absolute atomic E-state index is 6.86. The standard InChI is InChI=1S/C51H31N5O/c1-2-13-32(14-3-1)33-25-27-34(28-26-33)49-52-50(54-51(53-49)56-44-22-10-6-17-38(44)39-18-7-11-23-45(39)56)35-29-30-40-41-19-12-24-46(48(41)57-47(40)31-35)55-42-20-8-4-15-36(42)37-16-5-9-21-43(37)55/h1-31H. The molecule has 0 aliphatic rings. The molecule has 12 aromatic rings. The number of aromatic nitrogens is 5. The van der Waals surface area contributed by atoms with Gasteiger partial charge in [-0.2, -0.15) is 9.97 Å². The lowest BCUT2D eigenvalue weighted by molar-refractivity contribution is 0.666. The molecule has 0 radical (unpaired) electrons. The lowest BCUT2D eigenvalue weighted by atomic mass is 10.0. The van der Waals surface area contributed by atoms with Gasteiger partial charge in [-0.1, -0.05) is 146 Å². The average molecular weight is 730 g/mol. The van der Waals surface area contributed by atoms with Crippen molar-refractivity contribution in [1.29, 1.82) is 0 Å². The molecule has 4 aromatic heterocycles. The Labute approximate surface area is 326 Å². The van der Waals surface area contributed by atoms with E-state index in [0.717, 1.165) is 82.7 Å². The van der Waals surface area contributed by atoms with Gasteiger partial charge in [-0.25, -0.2) is 4.98 Å². The molecule has 0 spiro atoms. The molecule has 0 aliphatic heterocycles. The summed E-state index contributed by atoms with van der Waals surface area (Å²) in [5.74, 6) is 1.71. The highest BCUT2D eigenvalue weighted by Gasteiger charge is 2.20. The number of para-hydroxylation sites is 5. The van der Waals surface area contributed by atoms with Crippen molar-refractivity contribution in [1.82, 2.24) is 24.1 Å². The van der Waals surface area contributed by atoms with Crippen molar-refractivity contribution in [3.63, 3.8) is 0 Å². The van der Waals surface area contributed by atoms with Crippen LogP contribution < -0.4 is 0 Å². The topological polar surface area (TPSA) is 61.7 Å². The summed E-state index contributed by atoms with van der Waals surface area (Å²) in [5.41, 5.74) is 11.0. The number of benzene rings is 8. The van der Waals surface area contributed by atoms with Crippen LogP contribution in [0.1, 0.15) is 0 Å². The van der Waals surface area contributed by atoms with Crippen LogP contribution in [0.15, 0.2) is 192 Å². The molecule has 0 bridgehead atoms. The van der Waals surface area contributed by atoms with Crippen molar-refractivity contribution in [2.75, 3.05) is 0 Å². The average Bonchev–Trinajstić information content (AvgIpc) is 3.94. The first-order chi connectivity index (χ1) is 28.3. The van der Waals surface area contributed by atoms with Gasteiger partial charge in [0.25, 0.3) is 0 Å². The summed E-state index contributed by atoms with van der Waals surface area (Å²) >= 11 is 0. The lowest BCUT2D eigenvalue weighted by Gasteiger charge is -2.11. The number of furan rings is 1. The van der Waals surface area contributed by atoms with Crippen LogP contribution in [0.2, 0.25) is 0 Å². The molecular formula is C51H31N5O. The van der Waals surface area contributed by atoms with Gasteiger partial charge in [0.05, 0.1) is 27.8 Å². The van der Waals surface area contributed by atoms with Gasteiger partial charge in [-0.3, -0.25) is 4.57 Å². The van der Waals surface area contributed by atoms with Crippen LogP contribution in [0.5, 0.6) is 0 Å². The number of nitrogens with zero attached hydrogens (tertiary/aromatic N) is 5. The third kappa shape index (κ3) is 4.87. The summed E-state index contributed by atoms with van der Waals surface area (Å²) in [6.45, 7) is 0. The maximum atomic E-state index is 6.86. The molecule has 0 fully saturated rings. The van der Waals surface area contributed by atoms with E-state index in [0.29, 0.717) is 17.6 Å². The van der Waals surface area contributed by atoms with Gasteiger partial charge in [0.2, 0.25) is 5.95 Å². The van der Waals surface area contributed by atoms with Gasteiger partial charge in [-0.05, 0) is 53.6 Å². The van der Waals surface area contributed by atoms with Gasteiger partial charge < -0.3 is 8.98 Å². The Hall–Kier alpha value is -7.83. The summed E-state index contributed by atoms with van der Waals surface area (Å²) in [4.78, 5) is 15.5. The summed E-state index contributed by atoms with van der Waals surface area (Å²) in [7, 11) is 0. The minimum atomic E-state index is 0.554. The fourth-order valence-electron chi connectivity index (χ4n) is 8.58. The summed E-state index contributed by atoms with van der Waals surface area (Å²) < 4.78 is 11.3. The molecule has 6 heteroatoms. The molecule has 57 heavy (non-hydrogen) atoms. The monoisotopic (exact) mass is 729 g/mol. The lowest BCUT2D eigenvalue weighted by Crippen LogP contribution is -2.06. The molecular weight excluding hydrogens is 699 g/mol. The Bertz CT molecular complexity index is 3410. The summed E-state index contributed by atoms with van der Waals surface area (Å²) in [6, 6.07) is 65.5. The second kappa shape index (κ2) is 12.3. The normalized spacial score (nSPS) is 11.9. The van der Waals surface area contributed by atoms with Crippen molar-refractivity contribution in [2.45, 2.75) is 0 Å². The van der Waals surface area contributed by atoms with E-state index in [1.165, 1.54) is 10.8 Å². The molecule has 0 unspecified atom stereocenters. The molecule has 266 valence electrons. The fraction of sp³-hybridized carbons (Fsp3) is 0. The van der Waals surface area contributed by atoms with E-state index in [4.69, 9.17) is 19.4 Å². The third-order valence-electron chi connectivity index (χ3n) is 11.2. The fourth-order valence-corrected chi connectivity index (χ4v) is 8.58. The van der Waals surface area contributed by atoms with E-state index < -0.39 is 0 Å². The van der Waals surface area contributed by atoms with E-state index in [1.54, 1.807) is 0 Å². The zero-order chi connectivity index (χ0) is 37.5. The molecule has 0 N–H and O–H groups in total. The summed E-state index contributed by atoms with van der Waals surface area (Å²) in [6.07, 6.45) is 0. The Morgan fingerprint density at radius 2 is 0.807 bits per heavy atom. The Kier molecular flexibility index (Phi) is 6.83. The molecule has 0 aliphatic carbocycles. The summed E-state index contributed by atoms with van der Waals surface area (Å²) in [5, 5.41) is 6.80. The highest BCUT2D eigenvalue weighted by Crippen LogP contribution is 2.39. The predicted molar refractivity (Wildman–Crippen MR) is 232 cm³/mol. The van der Waals surface area contributed by atoms with E-state index in [2.05, 4.69) is 191 Å². The van der Waals surface area contributed by atoms with Crippen molar-refractivity contribution in [3.8, 4) is 45.5 Å². The smallest absolute Gasteiger partial charge is 0.238 e. The second-order valence-electron chi connectivity index (χ2n) is 14.4. The van der Waals surface area contributed by atoms with Crippen molar-refractivity contribution in [2.24, 2.45) is 0 Å². The largest absolute Gasteiger partial charge is 0.454 e. The van der Waals surface area contributed by atoms with Crippen molar-refractivity contribution < 1.29 is 4.42 Å². The van der Waals surface area contributed by atoms with Gasteiger partial charge >= 0.3 is 0 Å². The van der Waals surface area contributed by atoms with E-state index in [1.807, 2.05) is 6.07 Å². The first kappa shape index (κ1) is 31.5. The molecule has 8 aromatic carbocycles. The first-order valence-corrected chi connectivity index (χ1v) is 19.1. The van der Waals surface area contributed by atoms with Gasteiger partial charge in [0.15, 0.2) is 17.2 Å². The predicted octanol–water partition coefficient (Wildman–Crippen LogP) is 13.0.